The van der Waals surface area contributed by atoms with Crippen molar-refractivity contribution in [1.82, 2.24) is 4.90 Å². The van der Waals surface area contributed by atoms with Gasteiger partial charge in [0.1, 0.15) is 6.54 Å². The van der Waals surface area contributed by atoms with Crippen molar-refractivity contribution in [2.24, 2.45) is 5.10 Å². The molecule has 0 aromatic heterocycles. The highest BCUT2D eigenvalue weighted by Gasteiger charge is 2.40. The number of nitrogens with zero attached hydrogens (tertiary/aromatic N) is 3. The molecule has 2 aliphatic heterocycles. The molecule has 1 fully saturated rings. The van der Waals surface area contributed by atoms with E-state index in [0.29, 0.717) is 13.1 Å². The molecule has 0 saturated carbocycles. The minimum absolute atomic E-state index is 0.0230. The summed E-state index contributed by atoms with van der Waals surface area (Å²) >= 11 is 0. The van der Waals surface area contributed by atoms with E-state index in [1.54, 1.807) is 17.0 Å². The summed E-state index contributed by atoms with van der Waals surface area (Å²) in [6, 6.07) is 4.74. The van der Waals surface area contributed by atoms with E-state index in [2.05, 4.69) is 9.84 Å². The van der Waals surface area contributed by atoms with Gasteiger partial charge in [-0.3, -0.25) is 14.6 Å². The summed E-state index contributed by atoms with van der Waals surface area (Å²) in [5.41, 5.74) is 1.09. The first-order valence-electron chi connectivity index (χ1n) is 8.92. The lowest BCUT2D eigenvalue weighted by Gasteiger charge is -2.29. The molecule has 9 heteroatoms. The summed E-state index contributed by atoms with van der Waals surface area (Å²) in [4.78, 5) is 26.3. The summed E-state index contributed by atoms with van der Waals surface area (Å²) in [5, 5.41) is 4.78. The molecule has 0 aliphatic carbocycles. The summed E-state index contributed by atoms with van der Waals surface area (Å²) in [6.45, 7) is 2.54. The lowest BCUT2D eigenvalue weighted by atomic mass is 10.2. The van der Waals surface area contributed by atoms with Gasteiger partial charge >= 0.3 is 5.97 Å². The van der Waals surface area contributed by atoms with Gasteiger partial charge in [0.05, 0.1) is 17.7 Å². The van der Waals surface area contributed by atoms with Gasteiger partial charge in [0.2, 0.25) is 14.9 Å². The average molecular weight is 393 g/mol. The summed E-state index contributed by atoms with van der Waals surface area (Å²) < 4.78 is 30.8. The smallest absolute Gasteiger partial charge is 0.327 e. The summed E-state index contributed by atoms with van der Waals surface area (Å²) in [7, 11) is -2.83. The Morgan fingerprint density at radius 2 is 1.81 bits per heavy atom. The minimum atomic E-state index is -4.07. The summed E-state index contributed by atoms with van der Waals surface area (Å²) in [5.74, 6) is -1.19. The number of carbonyl (C=O) groups excluding carboxylic acids is 2. The zero-order valence-corrected chi connectivity index (χ0v) is 16.3. The van der Waals surface area contributed by atoms with Crippen LogP contribution in [0, 0.1) is 6.92 Å². The maximum Gasteiger partial charge on any atom is 0.327 e. The Balaban J connectivity index is 2.05. The Morgan fingerprint density at radius 1 is 1.15 bits per heavy atom. The fraction of sp³-hybridized carbons (Fsp3) is 0.500. The third-order valence-electron chi connectivity index (χ3n) is 4.73. The number of carbonyl (C=O) groups is 2. The van der Waals surface area contributed by atoms with Gasteiger partial charge in [-0.1, -0.05) is 18.9 Å². The normalized spacial score (nSPS) is 19.0. The number of esters is 1. The number of hydrazone groups is 1. The quantitative estimate of drug-likeness (QED) is 0.722. The van der Waals surface area contributed by atoms with Gasteiger partial charge in [-0.05, 0) is 37.5 Å². The maximum absolute atomic E-state index is 13.1. The molecule has 0 atom stereocenters. The maximum atomic E-state index is 13.1. The molecule has 0 radical (unpaired) electrons. The van der Waals surface area contributed by atoms with Gasteiger partial charge in [-0.2, -0.15) is 5.10 Å². The second-order valence-corrected chi connectivity index (χ2v) is 8.55. The van der Waals surface area contributed by atoms with Crippen LogP contribution in [0.25, 0.3) is 0 Å². The van der Waals surface area contributed by atoms with Gasteiger partial charge in [0.15, 0.2) is 0 Å². The van der Waals surface area contributed by atoms with E-state index >= 15 is 0 Å². The highest BCUT2D eigenvalue weighted by atomic mass is 32.2. The topological polar surface area (TPSA) is 96.3 Å². The Morgan fingerprint density at radius 3 is 2.44 bits per heavy atom. The van der Waals surface area contributed by atoms with Crippen molar-refractivity contribution in [3.63, 3.8) is 0 Å². The van der Waals surface area contributed by atoms with E-state index in [9.17, 15) is 18.0 Å². The van der Waals surface area contributed by atoms with Crippen LogP contribution in [0.3, 0.4) is 0 Å². The van der Waals surface area contributed by atoms with E-state index in [-0.39, 0.29) is 17.1 Å². The van der Waals surface area contributed by atoms with Crippen molar-refractivity contribution in [3.05, 3.63) is 23.8 Å². The van der Waals surface area contributed by atoms with Crippen LogP contribution in [0.5, 0.6) is 0 Å². The van der Waals surface area contributed by atoms with Gasteiger partial charge in [0, 0.05) is 13.1 Å². The van der Waals surface area contributed by atoms with Crippen molar-refractivity contribution in [2.45, 2.75) is 37.5 Å². The Kier molecular flexibility index (Phi) is 5.50. The molecule has 27 heavy (non-hydrogen) atoms. The number of methoxy groups -OCH3 is 1. The van der Waals surface area contributed by atoms with Crippen molar-refractivity contribution in [1.29, 1.82) is 0 Å². The van der Waals surface area contributed by atoms with Crippen molar-refractivity contribution in [2.75, 3.05) is 31.8 Å². The molecule has 0 bridgehead atoms. The molecule has 0 spiro atoms. The molecule has 1 aromatic carbocycles. The van der Waals surface area contributed by atoms with Crippen LogP contribution >= 0.6 is 0 Å². The second-order valence-electron chi connectivity index (χ2n) is 6.72. The third-order valence-corrected chi connectivity index (χ3v) is 6.42. The molecule has 146 valence electrons. The van der Waals surface area contributed by atoms with E-state index in [1.807, 2.05) is 6.92 Å². The van der Waals surface area contributed by atoms with Crippen LogP contribution in [0.4, 0.5) is 5.69 Å². The first-order chi connectivity index (χ1) is 12.8. The average Bonchev–Trinajstić information content (AvgIpc) is 2.92. The first kappa shape index (κ1) is 19.3. The number of anilines is 1. The number of aryl methyl sites for hydroxylation is 1. The van der Waals surface area contributed by atoms with Crippen molar-refractivity contribution < 1.29 is 22.7 Å². The minimum Gasteiger partial charge on any atom is -0.468 e. The zero-order chi connectivity index (χ0) is 19.6. The Labute approximate surface area is 158 Å². The number of likely N-dealkylation sites (tertiary alicyclic amines) is 1. The highest BCUT2D eigenvalue weighted by molar-refractivity contribution is 8.08. The van der Waals surface area contributed by atoms with Crippen LogP contribution in [0.15, 0.2) is 28.2 Å². The lowest BCUT2D eigenvalue weighted by molar-refractivity contribution is -0.139. The zero-order valence-electron chi connectivity index (χ0n) is 15.5. The van der Waals surface area contributed by atoms with Crippen molar-refractivity contribution >= 4 is 32.4 Å². The van der Waals surface area contributed by atoms with Crippen LogP contribution in [0.1, 0.15) is 31.2 Å². The Bertz CT molecular complexity index is 886. The van der Waals surface area contributed by atoms with Crippen LogP contribution in [0.2, 0.25) is 0 Å². The van der Waals surface area contributed by atoms with Gasteiger partial charge in [-0.25, -0.2) is 8.42 Å². The van der Waals surface area contributed by atoms with Crippen LogP contribution in [-0.4, -0.2) is 57.0 Å². The molecule has 1 saturated heterocycles. The predicted octanol–water partition coefficient (Wildman–Crippen LogP) is 1.48. The van der Waals surface area contributed by atoms with Gasteiger partial charge < -0.3 is 9.64 Å². The highest BCUT2D eigenvalue weighted by Crippen LogP contribution is 2.33. The predicted molar refractivity (Wildman–Crippen MR) is 100 cm³/mol. The van der Waals surface area contributed by atoms with E-state index < -0.39 is 26.8 Å². The number of sulfone groups is 1. The molecule has 2 heterocycles. The number of amides is 1. The number of benzene rings is 1. The number of ether oxygens (including phenoxy) is 1. The molecule has 8 nitrogen and oxygen atoms in total. The molecular formula is C18H23N3O5S. The van der Waals surface area contributed by atoms with Gasteiger partial charge in [0.25, 0.3) is 5.91 Å². The monoisotopic (exact) mass is 393 g/mol. The molecule has 0 N–H and O–H groups in total. The Hall–Kier alpha value is -2.42. The molecule has 1 aromatic rings. The fourth-order valence-corrected chi connectivity index (χ4v) is 4.71. The standard InChI is InChI=1S/C18H23N3O5S/c1-13-7-8-15-14(11-13)21(12-16(22)26-2)19-17(27(15,24)25)18(23)20-9-5-3-4-6-10-20/h7-8,11H,3-6,9-10,12H2,1-2H3. The molecule has 0 unspecified atom stereocenters. The molecule has 1 amide bonds. The lowest BCUT2D eigenvalue weighted by Crippen LogP contribution is -2.44. The summed E-state index contributed by atoms with van der Waals surface area (Å²) in [6.07, 6.45) is 3.70. The fourth-order valence-electron chi connectivity index (χ4n) is 3.25. The molecule has 3 rings (SSSR count). The van der Waals surface area contributed by atoms with E-state index in [4.69, 9.17) is 0 Å². The molecule has 2 aliphatic rings. The van der Waals surface area contributed by atoms with Crippen LogP contribution in [-0.2, 0) is 24.2 Å². The van der Waals surface area contributed by atoms with Crippen LogP contribution < -0.4 is 5.01 Å². The number of fused-ring (bicyclic) bond motifs is 1. The van der Waals surface area contributed by atoms with E-state index in [1.165, 1.54) is 18.2 Å². The third kappa shape index (κ3) is 3.83. The van der Waals surface area contributed by atoms with Gasteiger partial charge in [-0.15, -0.1) is 0 Å². The van der Waals surface area contributed by atoms with Crippen molar-refractivity contribution in [3.8, 4) is 0 Å². The van der Waals surface area contributed by atoms with E-state index in [0.717, 1.165) is 31.2 Å². The molecular weight excluding hydrogens is 370 g/mol. The largest absolute Gasteiger partial charge is 0.468 e. The number of rotatable bonds is 3. The number of hydrogen-bond donors (Lipinski definition) is 0. The second kappa shape index (κ2) is 7.67. The first-order valence-corrected chi connectivity index (χ1v) is 10.4. The number of hydrogen-bond acceptors (Lipinski definition) is 7. The SMILES string of the molecule is COC(=O)CN1N=C(C(=O)N2CCCCCC2)S(=O)(=O)c2ccc(C)cc21.